The second-order valence-corrected chi connectivity index (χ2v) is 9.60. The third-order valence-electron chi connectivity index (χ3n) is 5.47. The zero-order valence-electron chi connectivity index (χ0n) is 19.7. The summed E-state index contributed by atoms with van der Waals surface area (Å²) in [4.78, 5) is 23.5. The predicted octanol–water partition coefficient (Wildman–Crippen LogP) is 6.96. The third kappa shape index (κ3) is 12.7. The summed E-state index contributed by atoms with van der Waals surface area (Å²) >= 11 is 0. The fourth-order valence-corrected chi connectivity index (χ4v) is 4.45. The van der Waals surface area contributed by atoms with Crippen LogP contribution in [0.5, 0.6) is 0 Å². The molecule has 0 rings (SSSR count). The van der Waals surface area contributed by atoms with Crippen molar-refractivity contribution in [1.29, 1.82) is 0 Å². The van der Waals surface area contributed by atoms with Crippen molar-refractivity contribution in [2.75, 3.05) is 0 Å². The Hall–Kier alpha value is -0.0617. The van der Waals surface area contributed by atoms with Gasteiger partial charge in [-0.15, -0.1) is 6.92 Å². The van der Waals surface area contributed by atoms with Gasteiger partial charge in [0.05, 0.1) is 6.10 Å². The van der Waals surface area contributed by atoms with Crippen LogP contribution < -0.4 is 0 Å². The largest absolute Gasteiger partial charge is 2.00 e. The second kappa shape index (κ2) is 17.5. The van der Waals surface area contributed by atoms with Crippen LogP contribution in [0.4, 0.5) is 0 Å². The zero-order chi connectivity index (χ0) is 22.4. The number of hydrogen-bond acceptors (Lipinski definition) is 3. The van der Waals surface area contributed by atoms with Gasteiger partial charge in [-0.05, 0) is 43.8 Å². The van der Waals surface area contributed by atoms with Gasteiger partial charge in [0.1, 0.15) is 5.78 Å². The number of carbonyl (C=O) groups excluding carboxylic acids is 2. The molecule has 0 spiro atoms. The maximum Gasteiger partial charge on any atom is 2.00 e. The van der Waals surface area contributed by atoms with Gasteiger partial charge in [0.2, 0.25) is 0 Å². The summed E-state index contributed by atoms with van der Waals surface area (Å²) < 4.78 is 5.99. The van der Waals surface area contributed by atoms with Crippen LogP contribution in [0.15, 0.2) is 35.5 Å². The molecular formula is C24H40O3P2W. The van der Waals surface area contributed by atoms with Gasteiger partial charge in [-0.1, -0.05) is 61.6 Å². The SMILES string of the molecule is C/C=C(\C)[CH-]C/C=C(/C)CCCC(C)C(OPP)C(C)C(=O)C(C)(C)/C=C/[C-]=O.[W+2]. The molecule has 0 radical (unpaired) electrons. The Kier molecular flexibility index (Phi) is 18.7. The van der Waals surface area contributed by atoms with Gasteiger partial charge in [0.25, 0.3) is 0 Å². The fourth-order valence-electron chi connectivity index (χ4n) is 3.38. The number of rotatable bonds is 15. The first-order valence-corrected chi connectivity index (χ1v) is 13.1. The van der Waals surface area contributed by atoms with Crippen LogP contribution in [0.1, 0.15) is 74.1 Å². The molecule has 0 fully saturated rings. The van der Waals surface area contributed by atoms with Crippen LogP contribution in [0.2, 0.25) is 0 Å². The molecule has 30 heavy (non-hydrogen) atoms. The van der Waals surface area contributed by atoms with Gasteiger partial charge in [0.15, 0.2) is 0 Å². The van der Waals surface area contributed by atoms with Crippen LogP contribution >= 0.6 is 17.4 Å². The monoisotopic (exact) mass is 622 g/mol. The Morgan fingerprint density at radius 2 is 1.93 bits per heavy atom. The van der Waals surface area contributed by atoms with Crippen LogP contribution in [0, 0.1) is 23.7 Å². The minimum Gasteiger partial charge on any atom is -0.419 e. The predicted molar refractivity (Wildman–Crippen MR) is 131 cm³/mol. The molecule has 3 nitrogen and oxygen atoms in total. The van der Waals surface area contributed by atoms with Crippen LogP contribution in [-0.4, -0.2) is 18.2 Å². The van der Waals surface area contributed by atoms with Crippen LogP contribution in [0.25, 0.3) is 0 Å². The molecule has 0 aromatic rings. The average molecular weight is 622 g/mol. The summed E-state index contributed by atoms with van der Waals surface area (Å²) in [5.74, 6) is 0.138. The molecule has 0 N–H and O–H groups in total. The minimum absolute atomic E-state index is 0. The molecule has 6 heteroatoms. The Balaban J connectivity index is 0. The first kappa shape index (κ1) is 32.1. The summed E-state index contributed by atoms with van der Waals surface area (Å²) in [6.45, 7) is 14.2. The molecule has 0 aliphatic carbocycles. The molecule has 0 aromatic carbocycles. The van der Waals surface area contributed by atoms with Gasteiger partial charge in [-0.3, -0.25) is 0 Å². The van der Waals surface area contributed by atoms with E-state index in [0.29, 0.717) is 0 Å². The van der Waals surface area contributed by atoms with E-state index in [1.165, 1.54) is 17.2 Å². The number of allylic oxidation sites excluding steroid dienone is 6. The first-order valence-electron chi connectivity index (χ1n) is 10.4. The van der Waals surface area contributed by atoms with Crippen molar-refractivity contribution in [3.05, 3.63) is 41.9 Å². The smallest absolute Gasteiger partial charge is 0.419 e. The summed E-state index contributed by atoms with van der Waals surface area (Å²) in [7, 11) is 2.87. The summed E-state index contributed by atoms with van der Waals surface area (Å²) in [6.07, 6.45) is 15.3. The molecule has 5 unspecified atom stereocenters. The van der Waals surface area contributed by atoms with E-state index in [-0.39, 0.29) is 53.3 Å². The van der Waals surface area contributed by atoms with E-state index >= 15 is 0 Å². The summed E-state index contributed by atoms with van der Waals surface area (Å²) in [6, 6.07) is 0. The molecular weight excluding hydrogens is 582 g/mol. The molecule has 0 bridgehead atoms. The number of hydrogen-bond donors (Lipinski definition) is 0. The second-order valence-electron chi connectivity index (χ2n) is 8.42. The molecule has 0 heterocycles. The van der Waals surface area contributed by atoms with Crippen molar-refractivity contribution < 1.29 is 35.2 Å². The van der Waals surface area contributed by atoms with E-state index < -0.39 is 5.41 Å². The van der Waals surface area contributed by atoms with E-state index in [1.54, 1.807) is 12.4 Å². The van der Waals surface area contributed by atoms with E-state index in [9.17, 15) is 9.59 Å². The number of ketones is 1. The molecule has 0 aromatic heterocycles. The van der Waals surface area contributed by atoms with Gasteiger partial charge < -0.3 is 14.1 Å². The normalized spacial score (nSPS) is 16.4. The van der Waals surface area contributed by atoms with Crippen molar-refractivity contribution in [2.45, 2.75) is 80.3 Å². The van der Waals surface area contributed by atoms with E-state index in [4.69, 9.17) is 4.52 Å². The molecule has 0 aliphatic rings. The van der Waals surface area contributed by atoms with Crippen LogP contribution in [0.3, 0.4) is 0 Å². The average Bonchev–Trinajstić information content (AvgIpc) is 2.68. The Morgan fingerprint density at radius 3 is 2.47 bits per heavy atom. The standard InChI is InChI=1S/C24H40O3P2.W/c1-8-18(2)12-9-13-19(3)14-10-15-20(4)22(27-29-28)21(5)23(26)24(6,7)16-11-17-25;/h8,11-13,16,20-22,29H,9-10,14-15,28H2,1-7H3;/q-2;+2/b16-11+,18-8+,19-13-;. The van der Waals surface area contributed by atoms with Gasteiger partial charge in [-0.25, -0.2) is 24.1 Å². The molecule has 0 saturated carbocycles. The molecule has 5 atom stereocenters. The van der Waals surface area contributed by atoms with Gasteiger partial charge in [-0.2, -0.15) is 6.08 Å². The number of Topliss-reactive ketones (excluding diaryl/α,β-unsaturated/α-hetero) is 1. The minimum atomic E-state index is -0.705. The molecule has 0 aliphatic heterocycles. The molecule has 0 saturated heterocycles. The maximum absolute atomic E-state index is 13.0. The van der Waals surface area contributed by atoms with E-state index in [1.807, 2.05) is 20.8 Å². The van der Waals surface area contributed by atoms with Crippen molar-refractivity contribution in [3.8, 4) is 0 Å². The zero-order valence-corrected chi connectivity index (χ0v) is 24.7. The van der Waals surface area contributed by atoms with Crippen molar-refractivity contribution in [1.82, 2.24) is 0 Å². The fraction of sp³-hybridized carbons (Fsp3) is 0.625. The van der Waals surface area contributed by atoms with Crippen molar-refractivity contribution >= 4 is 29.5 Å². The third-order valence-corrected chi connectivity index (χ3v) is 6.28. The Morgan fingerprint density at radius 1 is 1.30 bits per heavy atom. The molecule has 170 valence electrons. The molecule has 0 amide bonds. The van der Waals surface area contributed by atoms with E-state index in [0.717, 1.165) is 25.7 Å². The first-order chi connectivity index (χ1) is 13.6. The maximum atomic E-state index is 13.0. The summed E-state index contributed by atoms with van der Waals surface area (Å²) in [5.41, 5.74) is 2.01. The van der Waals surface area contributed by atoms with Crippen LogP contribution in [-0.2, 0) is 35.2 Å². The van der Waals surface area contributed by atoms with Crippen molar-refractivity contribution in [2.24, 2.45) is 17.3 Å². The van der Waals surface area contributed by atoms with Gasteiger partial charge >= 0.3 is 21.1 Å². The Bertz CT molecular complexity index is 597. The van der Waals surface area contributed by atoms with Gasteiger partial charge in [0, 0.05) is 14.4 Å². The van der Waals surface area contributed by atoms with Crippen molar-refractivity contribution in [3.63, 3.8) is 0 Å². The quantitative estimate of drug-likeness (QED) is 0.0859. The van der Waals surface area contributed by atoms with E-state index in [2.05, 4.69) is 55.2 Å². The Labute approximate surface area is 203 Å². The summed E-state index contributed by atoms with van der Waals surface area (Å²) in [5, 5.41) is 0. The topological polar surface area (TPSA) is 43.4 Å². The number of carbonyl (C=O) groups is 1.